The fourth-order valence-electron chi connectivity index (χ4n) is 3.83. The minimum Gasteiger partial charge on any atom is -0.475 e. The Balaban J connectivity index is 1.56. The van der Waals surface area contributed by atoms with E-state index in [2.05, 4.69) is 17.1 Å². The molecule has 6 heteroatoms. The predicted octanol–water partition coefficient (Wildman–Crippen LogP) is 4.58. The zero-order valence-corrected chi connectivity index (χ0v) is 17.6. The van der Waals surface area contributed by atoms with Gasteiger partial charge in [-0.25, -0.2) is 9.97 Å². The van der Waals surface area contributed by atoms with Crippen molar-refractivity contribution in [3.63, 3.8) is 0 Å². The van der Waals surface area contributed by atoms with Gasteiger partial charge in [0, 0.05) is 18.8 Å². The number of carbonyl (C=O) groups excluding carboxylic acids is 1. The Morgan fingerprint density at radius 1 is 1.17 bits per heavy atom. The second-order valence-corrected chi connectivity index (χ2v) is 7.83. The van der Waals surface area contributed by atoms with E-state index >= 15 is 0 Å². The molecule has 1 aliphatic rings. The largest absolute Gasteiger partial charge is 0.475 e. The van der Waals surface area contributed by atoms with E-state index in [1.165, 1.54) is 0 Å². The van der Waals surface area contributed by atoms with E-state index < -0.39 is 0 Å². The van der Waals surface area contributed by atoms with Gasteiger partial charge in [-0.3, -0.25) is 4.79 Å². The van der Waals surface area contributed by atoms with Crippen LogP contribution in [0.15, 0.2) is 48.5 Å². The van der Waals surface area contributed by atoms with Gasteiger partial charge in [0.2, 0.25) is 5.91 Å². The van der Waals surface area contributed by atoms with E-state index in [4.69, 9.17) is 14.7 Å². The summed E-state index contributed by atoms with van der Waals surface area (Å²) >= 11 is 0. The first kappa shape index (κ1) is 20.1. The van der Waals surface area contributed by atoms with Gasteiger partial charge >= 0.3 is 0 Å². The number of piperidine rings is 1. The fourth-order valence-corrected chi connectivity index (χ4v) is 3.83. The third-order valence-electron chi connectivity index (χ3n) is 5.34. The fraction of sp³-hybridized carbons (Fsp3) is 0.375. The van der Waals surface area contributed by atoms with E-state index in [0.717, 1.165) is 53.9 Å². The second kappa shape index (κ2) is 9.11. The number of hydrogen-bond donors (Lipinski definition) is 1. The van der Waals surface area contributed by atoms with Crippen molar-refractivity contribution in [3.8, 4) is 5.88 Å². The van der Waals surface area contributed by atoms with Crippen LogP contribution in [0.4, 0.5) is 11.5 Å². The third kappa shape index (κ3) is 4.53. The first-order chi connectivity index (χ1) is 14.6. The first-order valence-electron chi connectivity index (χ1n) is 10.7. The molecule has 1 aromatic heterocycles. The molecular formula is C24H28N4O2. The summed E-state index contributed by atoms with van der Waals surface area (Å²) in [4.78, 5) is 24.6. The number of benzene rings is 2. The lowest BCUT2D eigenvalue weighted by molar-refractivity contribution is -0.120. The predicted molar refractivity (Wildman–Crippen MR) is 120 cm³/mol. The van der Waals surface area contributed by atoms with E-state index in [0.29, 0.717) is 19.0 Å². The van der Waals surface area contributed by atoms with Crippen LogP contribution in [0.3, 0.4) is 0 Å². The van der Waals surface area contributed by atoms with Gasteiger partial charge in [0.1, 0.15) is 0 Å². The number of ether oxygens (including phenoxy) is 1. The molecule has 0 spiro atoms. The Kier molecular flexibility index (Phi) is 6.12. The van der Waals surface area contributed by atoms with Gasteiger partial charge in [0.15, 0.2) is 5.82 Å². The molecule has 3 aromatic rings. The van der Waals surface area contributed by atoms with Gasteiger partial charge < -0.3 is 15.0 Å². The van der Waals surface area contributed by atoms with Crippen molar-refractivity contribution in [2.75, 3.05) is 29.9 Å². The van der Waals surface area contributed by atoms with Gasteiger partial charge in [0.25, 0.3) is 5.88 Å². The molecule has 1 aliphatic heterocycles. The quantitative estimate of drug-likeness (QED) is 0.651. The summed E-state index contributed by atoms with van der Waals surface area (Å²) in [6.07, 6.45) is 2.68. The lowest BCUT2D eigenvalue weighted by Gasteiger charge is -2.33. The van der Waals surface area contributed by atoms with Crippen molar-refractivity contribution in [1.29, 1.82) is 0 Å². The van der Waals surface area contributed by atoms with E-state index in [1.54, 1.807) is 0 Å². The summed E-state index contributed by atoms with van der Waals surface area (Å²) in [5, 5.41) is 3.07. The number of fused-ring (bicyclic) bond motifs is 1. The molecule has 0 saturated carbocycles. The summed E-state index contributed by atoms with van der Waals surface area (Å²) in [6, 6.07) is 15.7. The number of aryl methyl sites for hydroxylation is 1. The average molecular weight is 405 g/mol. The van der Waals surface area contributed by atoms with Gasteiger partial charge in [-0.2, -0.15) is 0 Å². The molecular weight excluding hydrogens is 376 g/mol. The number of nitrogens with zero attached hydrogens (tertiary/aromatic N) is 3. The lowest BCUT2D eigenvalue weighted by atomic mass is 9.97. The number of carbonyl (C=O) groups is 1. The Bertz CT molecular complexity index is 1040. The normalized spacial score (nSPS) is 16.5. The number of anilines is 2. The molecule has 30 heavy (non-hydrogen) atoms. The Labute approximate surface area is 177 Å². The van der Waals surface area contributed by atoms with Crippen molar-refractivity contribution in [2.24, 2.45) is 5.92 Å². The molecule has 1 fully saturated rings. The molecule has 156 valence electrons. The number of hydrogen-bond acceptors (Lipinski definition) is 5. The lowest BCUT2D eigenvalue weighted by Crippen LogP contribution is -2.41. The minimum absolute atomic E-state index is 0.0510. The SMILES string of the molecule is CCCOc1nc2ccccc2nc1N1CCC[C@@H](C(=O)Nc2cccc(C)c2)C1. The zero-order valence-electron chi connectivity index (χ0n) is 17.6. The number of rotatable bonds is 6. The molecule has 0 unspecified atom stereocenters. The van der Waals surface area contributed by atoms with Crippen molar-refractivity contribution in [2.45, 2.75) is 33.1 Å². The van der Waals surface area contributed by atoms with Gasteiger partial charge in [0.05, 0.1) is 23.6 Å². The van der Waals surface area contributed by atoms with Crippen LogP contribution in [0.2, 0.25) is 0 Å². The van der Waals surface area contributed by atoms with Crippen molar-refractivity contribution >= 4 is 28.4 Å². The number of aromatic nitrogens is 2. The molecule has 1 amide bonds. The number of para-hydroxylation sites is 2. The molecule has 2 heterocycles. The molecule has 0 radical (unpaired) electrons. The summed E-state index contributed by atoms with van der Waals surface area (Å²) in [5.74, 6) is 1.23. The Hall–Kier alpha value is -3.15. The van der Waals surface area contributed by atoms with Crippen LogP contribution in [0.25, 0.3) is 11.0 Å². The number of nitrogens with one attached hydrogen (secondary N) is 1. The van der Waals surface area contributed by atoms with Crippen molar-refractivity contribution in [3.05, 3.63) is 54.1 Å². The molecule has 1 N–H and O–H groups in total. The van der Waals surface area contributed by atoms with E-state index in [-0.39, 0.29) is 11.8 Å². The average Bonchev–Trinajstić information content (AvgIpc) is 2.77. The van der Waals surface area contributed by atoms with E-state index in [9.17, 15) is 4.79 Å². The monoisotopic (exact) mass is 404 g/mol. The highest BCUT2D eigenvalue weighted by Crippen LogP contribution is 2.31. The molecule has 1 saturated heterocycles. The van der Waals surface area contributed by atoms with E-state index in [1.807, 2.05) is 55.5 Å². The maximum atomic E-state index is 12.9. The summed E-state index contributed by atoms with van der Waals surface area (Å²) in [7, 11) is 0. The maximum absolute atomic E-state index is 12.9. The van der Waals surface area contributed by atoms with Crippen LogP contribution < -0.4 is 15.0 Å². The maximum Gasteiger partial charge on any atom is 0.258 e. The van der Waals surface area contributed by atoms with Crippen molar-refractivity contribution < 1.29 is 9.53 Å². The van der Waals surface area contributed by atoms with Crippen LogP contribution in [-0.2, 0) is 4.79 Å². The van der Waals surface area contributed by atoms with Gasteiger partial charge in [-0.1, -0.05) is 31.2 Å². The highest BCUT2D eigenvalue weighted by Gasteiger charge is 2.29. The molecule has 2 aromatic carbocycles. The van der Waals surface area contributed by atoms with Gasteiger partial charge in [-0.05, 0) is 56.0 Å². The van der Waals surface area contributed by atoms with Crippen LogP contribution in [0.1, 0.15) is 31.7 Å². The minimum atomic E-state index is -0.105. The molecule has 0 aliphatic carbocycles. The van der Waals surface area contributed by atoms with Crippen LogP contribution in [-0.4, -0.2) is 35.6 Å². The second-order valence-electron chi connectivity index (χ2n) is 7.83. The van der Waals surface area contributed by atoms with Crippen LogP contribution in [0.5, 0.6) is 5.88 Å². The summed E-state index contributed by atoms with van der Waals surface area (Å²) in [5.41, 5.74) is 3.62. The topological polar surface area (TPSA) is 67.4 Å². The highest BCUT2D eigenvalue weighted by molar-refractivity contribution is 5.93. The first-order valence-corrected chi connectivity index (χ1v) is 10.7. The van der Waals surface area contributed by atoms with Crippen LogP contribution >= 0.6 is 0 Å². The van der Waals surface area contributed by atoms with Crippen LogP contribution in [0, 0.1) is 12.8 Å². The molecule has 0 bridgehead atoms. The molecule has 6 nitrogen and oxygen atoms in total. The third-order valence-corrected chi connectivity index (χ3v) is 5.34. The zero-order chi connectivity index (χ0) is 20.9. The Morgan fingerprint density at radius 3 is 2.73 bits per heavy atom. The van der Waals surface area contributed by atoms with Gasteiger partial charge in [-0.15, -0.1) is 0 Å². The van der Waals surface area contributed by atoms with Crippen molar-refractivity contribution in [1.82, 2.24) is 9.97 Å². The summed E-state index contributed by atoms with van der Waals surface area (Å²) < 4.78 is 5.94. The summed E-state index contributed by atoms with van der Waals surface area (Å²) in [6.45, 7) is 6.12. The standard InChI is InChI=1S/C24H28N4O2/c1-3-14-30-24-22(26-20-11-4-5-12-21(20)27-24)28-13-7-9-18(16-28)23(29)25-19-10-6-8-17(2)15-19/h4-6,8,10-12,15,18H,3,7,9,13-14,16H2,1-2H3,(H,25,29)/t18-/m1/s1. The Morgan fingerprint density at radius 2 is 1.97 bits per heavy atom. The smallest absolute Gasteiger partial charge is 0.258 e. The number of amides is 1. The highest BCUT2D eigenvalue weighted by atomic mass is 16.5. The molecule has 4 rings (SSSR count). The molecule has 1 atom stereocenters.